The lowest BCUT2D eigenvalue weighted by Crippen LogP contribution is -2.36. The van der Waals surface area contributed by atoms with E-state index < -0.39 is 12.5 Å². The van der Waals surface area contributed by atoms with Gasteiger partial charge in [0.2, 0.25) is 0 Å². The van der Waals surface area contributed by atoms with E-state index in [-0.39, 0.29) is 6.54 Å². The number of alkyl halides is 2. The Bertz CT molecular complexity index is 149. The molecule has 0 aliphatic heterocycles. The van der Waals surface area contributed by atoms with Crippen molar-refractivity contribution in [2.24, 2.45) is 5.92 Å². The smallest absolute Gasteiger partial charge is 0.283 e. The minimum atomic E-state index is -2.72. The van der Waals surface area contributed by atoms with E-state index in [1.807, 2.05) is 0 Å². The van der Waals surface area contributed by atoms with E-state index in [0.29, 0.717) is 12.5 Å². The van der Waals surface area contributed by atoms with E-state index in [1.165, 1.54) is 13.5 Å². The highest BCUT2D eigenvalue weighted by Crippen LogP contribution is 2.26. The maximum absolute atomic E-state index is 12.8. The maximum atomic E-state index is 12.8. The Morgan fingerprint density at radius 3 is 2.62 bits per heavy atom. The normalized spacial score (nSPS) is 18.7. The fourth-order valence-electron chi connectivity index (χ4n) is 1.34. The van der Waals surface area contributed by atoms with Crippen LogP contribution >= 0.6 is 0 Å². The van der Waals surface area contributed by atoms with E-state index in [9.17, 15) is 8.78 Å². The topological polar surface area (TPSA) is 21.3 Å². The zero-order valence-electron chi connectivity index (χ0n) is 7.98. The van der Waals surface area contributed by atoms with E-state index >= 15 is 0 Å². The molecule has 13 heavy (non-hydrogen) atoms. The standard InChI is InChI=1S/C9H17F2NO/c1-12-6-9(10,11)7-13-5-8-3-2-4-8/h8,12H,2-7H2,1H3. The van der Waals surface area contributed by atoms with Crippen LogP contribution in [-0.4, -0.2) is 32.7 Å². The van der Waals surface area contributed by atoms with Gasteiger partial charge in [-0.1, -0.05) is 6.42 Å². The van der Waals surface area contributed by atoms with Crippen molar-refractivity contribution in [1.29, 1.82) is 0 Å². The first-order valence-electron chi connectivity index (χ1n) is 4.74. The van der Waals surface area contributed by atoms with Crippen molar-refractivity contribution in [2.45, 2.75) is 25.2 Å². The summed E-state index contributed by atoms with van der Waals surface area (Å²) in [6.07, 6.45) is 3.50. The van der Waals surface area contributed by atoms with E-state index in [1.54, 1.807) is 0 Å². The Labute approximate surface area is 77.6 Å². The van der Waals surface area contributed by atoms with Gasteiger partial charge in [0.05, 0.1) is 6.54 Å². The first kappa shape index (κ1) is 10.9. The van der Waals surface area contributed by atoms with Gasteiger partial charge in [0.25, 0.3) is 5.92 Å². The van der Waals surface area contributed by atoms with Crippen molar-refractivity contribution in [1.82, 2.24) is 5.32 Å². The van der Waals surface area contributed by atoms with Crippen LogP contribution in [0.4, 0.5) is 8.78 Å². The maximum Gasteiger partial charge on any atom is 0.283 e. The Balaban J connectivity index is 2.02. The van der Waals surface area contributed by atoms with Crippen LogP contribution in [0.5, 0.6) is 0 Å². The molecule has 1 saturated carbocycles. The van der Waals surface area contributed by atoms with Gasteiger partial charge in [-0.25, -0.2) is 8.78 Å². The Hall–Kier alpha value is -0.220. The molecular formula is C9H17F2NO. The summed E-state index contributed by atoms with van der Waals surface area (Å²) in [5.74, 6) is -2.19. The summed E-state index contributed by atoms with van der Waals surface area (Å²) in [5, 5.41) is 2.44. The molecule has 0 heterocycles. The summed E-state index contributed by atoms with van der Waals surface area (Å²) < 4.78 is 30.6. The molecule has 0 saturated heterocycles. The highest BCUT2D eigenvalue weighted by molar-refractivity contribution is 4.71. The van der Waals surface area contributed by atoms with Gasteiger partial charge in [-0.05, 0) is 25.8 Å². The predicted molar refractivity (Wildman–Crippen MR) is 47.0 cm³/mol. The molecule has 0 unspecified atom stereocenters. The van der Waals surface area contributed by atoms with Gasteiger partial charge in [0, 0.05) is 6.61 Å². The van der Waals surface area contributed by atoms with Crippen molar-refractivity contribution in [2.75, 3.05) is 26.8 Å². The summed E-state index contributed by atoms with van der Waals surface area (Å²) in [6.45, 7) is -0.263. The quantitative estimate of drug-likeness (QED) is 0.692. The molecule has 1 aliphatic rings. The summed E-state index contributed by atoms with van der Waals surface area (Å²) in [4.78, 5) is 0. The minimum absolute atomic E-state index is 0.308. The van der Waals surface area contributed by atoms with Crippen LogP contribution in [0, 0.1) is 5.92 Å². The van der Waals surface area contributed by atoms with Crippen LogP contribution in [0.1, 0.15) is 19.3 Å². The summed E-state index contributed by atoms with van der Waals surface area (Å²) >= 11 is 0. The molecule has 0 spiro atoms. The first-order valence-corrected chi connectivity index (χ1v) is 4.74. The highest BCUT2D eigenvalue weighted by atomic mass is 19.3. The lowest BCUT2D eigenvalue weighted by molar-refractivity contribution is -0.0841. The molecule has 78 valence electrons. The summed E-state index contributed by atoms with van der Waals surface area (Å²) in [6, 6.07) is 0. The van der Waals surface area contributed by atoms with Crippen LogP contribution < -0.4 is 5.32 Å². The van der Waals surface area contributed by atoms with Crippen molar-refractivity contribution in [3.8, 4) is 0 Å². The molecule has 1 aliphatic carbocycles. The Kier molecular flexibility index (Phi) is 4.06. The fraction of sp³-hybridized carbons (Fsp3) is 1.00. The summed E-state index contributed by atoms with van der Waals surface area (Å²) in [7, 11) is 1.51. The second-order valence-electron chi connectivity index (χ2n) is 3.70. The number of hydrogen-bond donors (Lipinski definition) is 1. The van der Waals surface area contributed by atoms with Crippen molar-refractivity contribution in [3.63, 3.8) is 0 Å². The fourth-order valence-corrected chi connectivity index (χ4v) is 1.34. The van der Waals surface area contributed by atoms with Gasteiger partial charge >= 0.3 is 0 Å². The third-order valence-corrected chi connectivity index (χ3v) is 2.33. The minimum Gasteiger partial charge on any atom is -0.375 e. The van der Waals surface area contributed by atoms with Crippen LogP contribution in [0.25, 0.3) is 0 Å². The second-order valence-corrected chi connectivity index (χ2v) is 3.70. The molecule has 1 fully saturated rings. The molecule has 0 aromatic rings. The molecule has 0 amide bonds. The van der Waals surface area contributed by atoms with Gasteiger partial charge < -0.3 is 10.1 Å². The molecule has 4 heteroatoms. The van der Waals surface area contributed by atoms with Crippen molar-refractivity contribution >= 4 is 0 Å². The molecular weight excluding hydrogens is 176 g/mol. The number of hydrogen-bond acceptors (Lipinski definition) is 2. The molecule has 1 rings (SSSR count). The predicted octanol–water partition coefficient (Wildman–Crippen LogP) is 1.66. The highest BCUT2D eigenvalue weighted by Gasteiger charge is 2.29. The van der Waals surface area contributed by atoms with Crippen LogP contribution in [0.2, 0.25) is 0 Å². The third-order valence-electron chi connectivity index (χ3n) is 2.33. The van der Waals surface area contributed by atoms with Gasteiger partial charge in [-0.15, -0.1) is 0 Å². The Morgan fingerprint density at radius 2 is 2.15 bits per heavy atom. The molecule has 0 aromatic carbocycles. The van der Waals surface area contributed by atoms with Crippen LogP contribution in [0.15, 0.2) is 0 Å². The molecule has 2 nitrogen and oxygen atoms in total. The number of nitrogens with one attached hydrogen (secondary N) is 1. The van der Waals surface area contributed by atoms with Crippen molar-refractivity contribution < 1.29 is 13.5 Å². The van der Waals surface area contributed by atoms with E-state index in [0.717, 1.165) is 12.8 Å². The van der Waals surface area contributed by atoms with Gasteiger partial charge in [0.15, 0.2) is 0 Å². The SMILES string of the molecule is CNCC(F)(F)COCC1CCC1. The zero-order valence-corrected chi connectivity index (χ0v) is 7.98. The molecule has 0 aromatic heterocycles. The molecule has 1 N–H and O–H groups in total. The van der Waals surface area contributed by atoms with Crippen molar-refractivity contribution in [3.05, 3.63) is 0 Å². The third kappa shape index (κ3) is 4.00. The van der Waals surface area contributed by atoms with E-state index in [2.05, 4.69) is 5.32 Å². The lowest BCUT2D eigenvalue weighted by atomic mass is 9.86. The van der Waals surface area contributed by atoms with Crippen LogP contribution in [0.3, 0.4) is 0 Å². The Morgan fingerprint density at radius 1 is 1.46 bits per heavy atom. The molecule has 0 radical (unpaired) electrons. The zero-order chi connectivity index (χ0) is 9.73. The largest absolute Gasteiger partial charge is 0.375 e. The summed E-state index contributed by atoms with van der Waals surface area (Å²) in [5.41, 5.74) is 0. The average molecular weight is 193 g/mol. The van der Waals surface area contributed by atoms with E-state index in [4.69, 9.17) is 4.74 Å². The van der Waals surface area contributed by atoms with Gasteiger partial charge in [0.1, 0.15) is 6.61 Å². The van der Waals surface area contributed by atoms with Crippen LogP contribution in [-0.2, 0) is 4.74 Å². The second kappa shape index (κ2) is 4.86. The lowest BCUT2D eigenvalue weighted by Gasteiger charge is -2.26. The van der Waals surface area contributed by atoms with Gasteiger partial charge in [-0.2, -0.15) is 0 Å². The number of rotatable bonds is 6. The monoisotopic (exact) mass is 193 g/mol. The molecule has 0 atom stereocenters. The number of halogens is 2. The number of ether oxygens (including phenoxy) is 1. The van der Waals surface area contributed by atoms with Gasteiger partial charge in [-0.3, -0.25) is 0 Å². The first-order chi connectivity index (χ1) is 6.14. The average Bonchev–Trinajstić information content (AvgIpc) is 1.94. The molecule has 0 bridgehead atoms.